The number of hydrazine groups is 1. The Labute approximate surface area is 216 Å². The van der Waals surface area contributed by atoms with Gasteiger partial charge in [-0.2, -0.15) is 5.43 Å². The van der Waals surface area contributed by atoms with Crippen LogP contribution in [0.5, 0.6) is 0 Å². The quantitative estimate of drug-likeness (QED) is 0.409. The smallest absolute Gasteiger partial charge is 0.420 e. The van der Waals surface area contributed by atoms with E-state index < -0.39 is 18.4 Å². The van der Waals surface area contributed by atoms with Crippen molar-refractivity contribution in [2.75, 3.05) is 19.6 Å². The van der Waals surface area contributed by atoms with E-state index in [-0.39, 0.29) is 23.7 Å². The molecule has 199 valence electrons. The molecule has 0 aromatic heterocycles. The molecule has 0 aliphatic carbocycles. The third kappa shape index (κ3) is 7.95. The van der Waals surface area contributed by atoms with Crippen LogP contribution in [0.15, 0.2) is 30.3 Å². The lowest BCUT2D eigenvalue weighted by atomic mass is 9.97. The van der Waals surface area contributed by atoms with Gasteiger partial charge in [0.1, 0.15) is 0 Å². The number of nitrogens with zero attached hydrogens (tertiary/aromatic N) is 3. The Morgan fingerprint density at radius 2 is 1.83 bits per heavy atom. The second-order valence-electron chi connectivity index (χ2n) is 10.7. The number of carbonyl (C=O) groups is 3. The first-order chi connectivity index (χ1) is 17.3. The zero-order valence-electron chi connectivity index (χ0n) is 22.3. The van der Waals surface area contributed by atoms with Gasteiger partial charge in [-0.15, -0.1) is 0 Å². The van der Waals surface area contributed by atoms with Crippen molar-refractivity contribution in [1.82, 2.24) is 20.2 Å². The van der Waals surface area contributed by atoms with Gasteiger partial charge >= 0.3 is 12.1 Å². The molecular formula is C28H43N4O4. The van der Waals surface area contributed by atoms with E-state index in [0.29, 0.717) is 26.1 Å². The van der Waals surface area contributed by atoms with E-state index in [2.05, 4.69) is 17.6 Å². The Kier molecular flexibility index (Phi) is 10.6. The Balaban J connectivity index is 1.75. The summed E-state index contributed by atoms with van der Waals surface area (Å²) in [5.41, 5.74) is 4.21. The number of Topliss-reactive ketones (excluding diaryl/α,β-unsaturated/α-hetero) is 1. The van der Waals surface area contributed by atoms with Crippen LogP contribution < -0.4 is 5.43 Å². The van der Waals surface area contributed by atoms with Crippen molar-refractivity contribution in [3.63, 3.8) is 0 Å². The highest BCUT2D eigenvalue weighted by atomic mass is 16.6. The van der Waals surface area contributed by atoms with Gasteiger partial charge in [0.25, 0.3) is 0 Å². The minimum Gasteiger partial charge on any atom is -0.420 e. The van der Waals surface area contributed by atoms with E-state index in [1.54, 1.807) is 9.80 Å². The Hall–Kier alpha value is -2.61. The van der Waals surface area contributed by atoms with Crippen molar-refractivity contribution in [2.45, 2.75) is 84.9 Å². The van der Waals surface area contributed by atoms with Crippen LogP contribution >= 0.6 is 0 Å². The van der Waals surface area contributed by atoms with E-state index in [4.69, 9.17) is 4.74 Å². The number of cyclic esters (lactones) is 1. The molecule has 1 aromatic rings. The van der Waals surface area contributed by atoms with Gasteiger partial charge in [0.2, 0.25) is 12.0 Å². The van der Waals surface area contributed by atoms with Gasteiger partial charge in [0.15, 0.2) is 0 Å². The van der Waals surface area contributed by atoms with Crippen molar-refractivity contribution < 1.29 is 19.1 Å². The van der Waals surface area contributed by atoms with Crippen molar-refractivity contribution >= 4 is 17.9 Å². The zero-order valence-corrected chi connectivity index (χ0v) is 22.3. The van der Waals surface area contributed by atoms with E-state index in [0.717, 1.165) is 38.5 Å². The molecule has 1 unspecified atom stereocenters. The number of aryl methyl sites for hydroxylation is 1. The summed E-state index contributed by atoms with van der Waals surface area (Å²) in [6.45, 7) is 11.6. The van der Waals surface area contributed by atoms with Crippen LogP contribution in [0.4, 0.5) is 9.59 Å². The molecule has 3 rings (SSSR count). The number of likely N-dealkylation sites (tertiary alicyclic amines) is 1. The molecule has 1 aromatic carbocycles. The number of benzene rings is 1. The van der Waals surface area contributed by atoms with Gasteiger partial charge in [-0.05, 0) is 62.3 Å². The van der Waals surface area contributed by atoms with Crippen LogP contribution in [-0.4, -0.2) is 64.6 Å². The average molecular weight is 500 g/mol. The maximum Gasteiger partial charge on any atom is 0.426 e. The lowest BCUT2D eigenvalue weighted by Crippen LogP contribution is -2.56. The lowest BCUT2D eigenvalue weighted by Gasteiger charge is -2.38. The van der Waals surface area contributed by atoms with Gasteiger partial charge in [0.05, 0.1) is 12.6 Å². The van der Waals surface area contributed by atoms with Crippen molar-refractivity contribution in [1.29, 1.82) is 0 Å². The molecule has 0 bridgehead atoms. The van der Waals surface area contributed by atoms with E-state index in [9.17, 15) is 14.4 Å². The second kappa shape index (κ2) is 13.6. The Morgan fingerprint density at radius 1 is 1.08 bits per heavy atom. The van der Waals surface area contributed by atoms with Gasteiger partial charge in [-0.25, -0.2) is 14.6 Å². The van der Waals surface area contributed by atoms with Crippen molar-refractivity contribution in [2.24, 2.45) is 11.8 Å². The standard InChI is InChI=1S/C28H43N4O4/c1-21(2)19-24(25(33)26-29-32(20-22(3)4)28(35)36-26)31(27(34)30-16-10-6-11-17-30)18-12-9-15-23-13-7-5-8-14-23/h5,7-8,13-14,16,21-22,24,26,29H,6,9-12,15,17-20H2,1-4H3/t24-,26?/m0/s1. The number of ether oxygens (including phenoxy) is 1. The highest BCUT2D eigenvalue weighted by molar-refractivity contribution is 5.93. The molecule has 8 nitrogen and oxygen atoms in total. The van der Waals surface area contributed by atoms with Gasteiger partial charge in [-0.3, -0.25) is 4.79 Å². The summed E-state index contributed by atoms with van der Waals surface area (Å²) in [5.74, 6) is 0.146. The van der Waals surface area contributed by atoms with Crippen LogP contribution in [0.25, 0.3) is 0 Å². The van der Waals surface area contributed by atoms with Gasteiger partial charge in [-0.1, -0.05) is 58.0 Å². The number of amides is 3. The predicted molar refractivity (Wildman–Crippen MR) is 140 cm³/mol. The monoisotopic (exact) mass is 499 g/mol. The molecular weight excluding hydrogens is 456 g/mol. The SMILES string of the molecule is CC(C)C[C@@H](C(=O)C1NN(CC(C)C)C(=O)O1)N(CCCCc1ccccc1)C(=O)N1[CH]CCCC1. The largest absolute Gasteiger partial charge is 0.426 e. The first-order valence-corrected chi connectivity index (χ1v) is 13.5. The topological polar surface area (TPSA) is 82.2 Å². The summed E-state index contributed by atoms with van der Waals surface area (Å²) >= 11 is 0. The summed E-state index contributed by atoms with van der Waals surface area (Å²) in [6, 6.07) is 9.50. The third-order valence-electron chi connectivity index (χ3n) is 6.57. The number of rotatable bonds is 12. The summed E-state index contributed by atoms with van der Waals surface area (Å²) in [4.78, 5) is 43.3. The summed E-state index contributed by atoms with van der Waals surface area (Å²) in [7, 11) is 0. The predicted octanol–water partition coefficient (Wildman–Crippen LogP) is 5.00. The summed E-state index contributed by atoms with van der Waals surface area (Å²) in [5, 5.41) is 1.37. The fourth-order valence-corrected chi connectivity index (χ4v) is 4.76. The molecule has 2 heterocycles. The number of urea groups is 1. The van der Waals surface area contributed by atoms with Crippen LogP contribution in [-0.2, 0) is 16.0 Å². The minimum absolute atomic E-state index is 0.128. The van der Waals surface area contributed by atoms with E-state index in [1.165, 1.54) is 10.6 Å². The molecule has 2 fully saturated rings. The molecule has 2 atom stereocenters. The van der Waals surface area contributed by atoms with Crippen molar-refractivity contribution in [3.05, 3.63) is 42.4 Å². The lowest BCUT2D eigenvalue weighted by molar-refractivity contribution is -0.132. The number of piperidine rings is 1. The van der Waals surface area contributed by atoms with Crippen LogP contribution in [0.2, 0.25) is 0 Å². The Morgan fingerprint density at radius 3 is 2.47 bits per heavy atom. The molecule has 0 saturated carbocycles. The van der Waals surface area contributed by atoms with Crippen molar-refractivity contribution in [3.8, 4) is 0 Å². The summed E-state index contributed by atoms with van der Waals surface area (Å²) < 4.78 is 5.42. The van der Waals surface area contributed by atoms with Crippen LogP contribution in [0, 0.1) is 18.4 Å². The molecule has 2 saturated heterocycles. The molecule has 0 spiro atoms. The number of hydrogen-bond acceptors (Lipinski definition) is 5. The maximum absolute atomic E-state index is 13.8. The minimum atomic E-state index is -1.08. The zero-order chi connectivity index (χ0) is 26.1. The van der Waals surface area contributed by atoms with E-state index >= 15 is 0 Å². The number of ketones is 1. The highest BCUT2D eigenvalue weighted by Gasteiger charge is 2.42. The molecule has 2 aliphatic rings. The third-order valence-corrected chi connectivity index (χ3v) is 6.57. The maximum atomic E-state index is 13.8. The number of nitrogens with one attached hydrogen (secondary N) is 1. The fourth-order valence-electron chi connectivity index (χ4n) is 4.76. The molecule has 2 aliphatic heterocycles. The molecule has 8 heteroatoms. The van der Waals surface area contributed by atoms with Gasteiger partial charge < -0.3 is 14.5 Å². The van der Waals surface area contributed by atoms with E-state index in [1.807, 2.05) is 52.4 Å². The first kappa shape index (κ1) is 28.0. The highest BCUT2D eigenvalue weighted by Crippen LogP contribution is 2.23. The molecule has 1 N–H and O–H groups in total. The first-order valence-electron chi connectivity index (χ1n) is 13.5. The van der Waals surface area contributed by atoms with Crippen LogP contribution in [0.1, 0.15) is 71.8 Å². The average Bonchev–Trinajstić information content (AvgIpc) is 3.22. The molecule has 1 radical (unpaired) electrons. The number of unbranched alkanes of at least 4 members (excludes halogenated alkanes) is 1. The fraction of sp³-hybridized carbons (Fsp3) is 0.643. The number of carbonyl (C=O) groups excluding carboxylic acids is 3. The Bertz CT molecular complexity index is 854. The normalized spacial score (nSPS) is 19.1. The van der Waals surface area contributed by atoms with Gasteiger partial charge in [0, 0.05) is 19.6 Å². The molecule has 36 heavy (non-hydrogen) atoms. The molecule has 3 amide bonds. The van der Waals surface area contributed by atoms with Crippen LogP contribution in [0.3, 0.4) is 0 Å². The second-order valence-corrected chi connectivity index (χ2v) is 10.7. The number of hydrogen-bond donors (Lipinski definition) is 1. The summed E-state index contributed by atoms with van der Waals surface area (Å²) in [6.07, 6.45) is 4.40.